The van der Waals surface area contributed by atoms with E-state index < -0.39 is 12.1 Å². The number of benzene rings is 2. The van der Waals surface area contributed by atoms with Crippen LogP contribution in [0.2, 0.25) is 0 Å². The third-order valence-corrected chi connectivity index (χ3v) is 4.52. The topological polar surface area (TPSA) is 98.8 Å². The molecule has 0 radical (unpaired) electrons. The molecule has 3 N–H and O–H groups in total. The van der Waals surface area contributed by atoms with E-state index in [0.29, 0.717) is 22.8 Å². The number of ether oxygens (including phenoxy) is 1. The zero-order chi connectivity index (χ0) is 19.0. The van der Waals surface area contributed by atoms with Crippen molar-refractivity contribution in [1.29, 1.82) is 5.41 Å². The predicted octanol–water partition coefficient (Wildman–Crippen LogP) is 3.94. The Morgan fingerprint density at radius 1 is 1.19 bits per heavy atom. The number of hydrogen-bond donors (Lipinski definition) is 3. The highest BCUT2D eigenvalue weighted by Gasteiger charge is 2.35. The second kappa shape index (κ2) is 6.53. The summed E-state index contributed by atoms with van der Waals surface area (Å²) in [7, 11) is 1.59. The van der Waals surface area contributed by atoms with Crippen LogP contribution >= 0.6 is 0 Å². The minimum atomic E-state index is -1.03. The summed E-state index contributed by atoms with van der Waals surface area (Å²) in [5, 5.41) is 21.5. The summed E-state index contributed by atoms with van der Waals surface area (Å²) in [6.07, 6.45) is 0.890. The molecular weight excluding hydrogens is 346 g/mol. The van der Waals surface area contributed by atoms with Crippen molar-refractivity contribution in [3.63, 3.8) is 0 Å². The number of aromatic carboxylic acids is 1. The number of furan rings is 1. The van der Waals surface area contributed by atoms with Crippen LogP contribution < -0.4 is 15.0 Å². The van der Waals surface area contributed by atoms with Crippen molar-refractivity contribution in [2.45, 2.75) is 6.17 Å². The van der Waals surface area contributed by atoms with Crippen LogP contribution in [0.5, 0.6) is 5.75 Å². The summed E-state index contributed by atoms with van der Waals surface area (Å²) >= 11 is 0. The van der Waals surface area contributed by atoms with Gasteiger partial charge in [-0.2, -0.15) is 0 Å². The lowest BCUT2D eigenvalue weighted by Crippen LogP contribution is -2.43. The molecule has 1 unspecified atom stereocenters. The highest BCUT2D eigenvalue weighted by atomic mass is 16.5. The summed E-state index contributed by atoms with van der Waals surface area (Å²) in [5.74, 6) is 0.323. The monoisotopic (exact) mass is 363 g/mol. The van der Waals surface area contributed by atoms with Crippen LogP contribution in [0, 0.1) is 5.41 Å². The number of fused-ring (bicyclic) bond motifs is 1. The first kappa shape index (κ1) is 16.7. The molecule has 1 atom stereocenters. The van der Waals surface area contributed by atoms with E-state index in [2.05, 4.69) is 5.32 Å². The maximum atomic E-state index is 11.7. The minimum Gasteiger partial charge on any atom is -0.497 e. The lowest BCUT2D eigenvalue weighted by Gasteiger charge is -2.38. The van der Waals surface area contributed by atoms with Crippen molar-refractivity contribution in [2.24, 2.45) is 0 Å². The summed E-state index contributed by atoms with van der Waals surface area (Å²) in [6.45, 7) is 0. The zero-order valence-electron chi connectivity index (χ0n) is 14.5. The highest BCUT2D eigenvalue weighted by Crippen LogP contribution is 2.38. The van der Waals surface area contributed by atoms with E-state index in [1.807, 2.05) is 12.1 Å². The maximum absolute atomic E-state index is 11.7. The molecule has 0 saturated carbocycles. The first-order valence-electron chi connectivity index (χ1n) is 8.28. The predicted molar refractivity (Wildman–Crippen MR) is 101 cm³/mol. The van der Waals surface area contributed by atoms with Crippen LogP contribution in [-0.2, 0) is 0 Å². The van der Waals surface area contributed by atoms with Crippen molar-refractivity contribution in [2.75, 3.05) is 17.3 Å². The van der Waals surface area contributed by atoms with E-state index >= 15 is 0 Å². The lowest BCUT2D eigenvalue weighted by atomic mass is 10.0. The largest absolute Gasteiger partial charge is 0.497 e. The zero-order valence-corrected chi connectivity index (χ0v) is 14.5. The molecule has 2 heterocycles. The Hall–Kier alpha value is -3.74. The van der Waals surface area contributed by atoms with Crippen molar-refractivity contribution in [3.8, 4) is 5.75 Å². The smallest absolute Gasteiger partial charge is 0.336 e. The standard InChI is InChI=1S/C20H17N3O4/c1-26-13-8-6-12(7-9-13)23-17(21)16-10-11-27-19(16)22-18(23)14-4-2-3-5-15(14)20(24)25/h2-11,18,21-22H,1H3,(H,24,25). The molecule has 1 aliphatic rings. The average molecular weight is 363 g/mol. The number of rotatable bonds is 4. The van der Waals surface area contributed by atoms with E-state index in [9.17, 15) is 9.90 Å². The van der Waals surface area contributed by atoms with Crippen LogP contribution in [0.4, 0.5) is 11.6 Å². The van der Waals surface area contributed by atoms with Gasteiger partial charge in [0.1, 0.15) is 17.8 Å². The Labute approximate surface area is 155 Å². The third-order valence-electron chi connectivity index (χ3n) is 4.52. The number of methoxy groups -OCH3 is 1. The molecule has 3 aromatic rings. The van der Waals surface area contributed by atoms with Gasteiger partial charge in [-0.05, 0) is 36.4 Å². The van der Waals surface area contributed by atoms with Crippen LogP contribution in [0.15, 0.2) is 65.3 Å². The number of carboxylic acid groups (broad SMARTS) is 1. The SMILES string of the molecule is COc1ccc(N2C(=N)c3ccoc3NC2c2ccccc2C(=O)O)cc1. The molecule has 0 amide bonds. The number of carboxylic acids is 1. The molecular formula is C20H17N3O4. The number of hydrogen-bond acceptors (Lipinski definition) is 5. The molecule has 0 aliphatic carbocycles. The quantitative estimate of drug-likeness (QED) is 0.649. The molecule has 7 nitrogen and oxygen atoms in total. The van der Waals surface area contributed by atoms with Crippen molar-refractivity contribution < 1.29 is 19.1 Å². The average Bonchev–Trinajstić information content (AvgIpc) is 3.17. The Bertz CT molecular complexity index is 1010. The van der Waals surface area contributed by atoms with Crippen LogP contribution in [0.3, 0.4) is 0 Å². The second-order valence-corrected chi connectivity index (χ2v) is 6.02. The van der Waals surface area contributed by atoms with Gasteiger partial charge in [-0.3, -0.25) is 5.41 Å². The molecule has 27 heavy (non-hydrogen) atoms. The fourth-order valence-electron chi connectivity index (χ4n) is 3.22. The molecule has 136 valence electrons. The molecule has 7 heteroatoms. The third kappa shape index (κ3) is 2.79. The maximum Gasteiger partial charge on any atom is 0.336 e. The number of amidine groups is 1. The van der Waals surface area contributed by atoms with Gasteiger partial charge in [0, 0.05) is 11.3 Å². The lowest BCUT2D eigenvalue weighted by molar-refractivity contribution is 0.0695. The van der Waals surface area contributed by atoms with Gasteiger partial charge in [-0.1, -0.05) is 18.2 Å². The van der Waals surface area contributed by atoms with Crippen molar-refractivity contribution >= 4 is 23.4 Å². The van der Waals surface area contributed by atoms with Gasteiger partial charge < -0.3 is 24.5 Å². The molecule has 1 aromatic heterocycles. The summed E-state index contributed by atoms with van der Waals surface area (Å²) in [5.41, 5.74) is 2.03. The summed E-state index contributed by atoms with van der Waals surface area (Å²) in [6, 6.07) is 15.7. The molecule has 0 bridgehead atoms. The van der Waals surface area contributed by atoms with Gasteiger partial charge in [-0.15, -0.1) is 0 Å². The van der Waals surface area contributed by atoms with E-state index in [0.717, 1.165) is 5.69 Å². The fraction of sp³-hybridized carbons (Fsp3) is 0.100. The van der Waals surface area contributed by atoms with E-state index in [1.165, 1.54) is 6.26 Å². The van der Waals surface area contributed by atoms with Crippen LogP contribution in [0.1, 0.15) is 27.7 Å². The molecule has 0 fully saturated rings. The molecule has 0 saturated heterocycles. The van der Waals surface area contributed by atoms with E-state index in [4.69, 9.17) is 14.6 Å². The van der Waals surface area contributed by atoms with Crippen LogP contribution in [-0.4, -0.2) is 24.0 Å². The van der Waals surface area contributed by atoms with E-state index in [1.54, 1.807) is 54.5 Å². The van der Waals surface area contributed by atoms with Crippen molar-refractivity contribution in [3.05, 3.63) is 77.6 Å². The Morgan fingerprint density at radius 3 is 2.63 bits per heavy atom. The Kier molecular flexibility index (Phi) is 4.04. The van der Waals surface area contributed by atoms with Gasteiger partial charge >= 0.3 is 5.97 Å². The van der Waals surface area contributed by atoms with Gasteiger partial charge in [-0.25, -0.2) is 4.79 Å². The number of nitrogens with one attached hydrogen (secondary N) is 2. The van der Waals surface area contributed by atoms with Gasteiger partial charge in [0.25, 0.3) is 0 Å². The van der Waals surface area contributed by atoms with Crippen LogP contribution in [0.25, 0.3) is 0 Å². The summed E-state index contributed by atoms with van der Waals surface area (Å²) in [4.78, 5) is 13.5. The van der Waals surface area contributed by atoms with Crippen molar-refractivity contribution in [1.82, 2.24) is 0 Å². The molecule has 1 aliphatic heterocycles. The fourth-order valence-corrected chi connectivity index (χ4v) is 3.22. The first-order chi connectivity index (χ1) is 13.1. The summed E-state index contributed by atoms with van der Waals surface area (Å²) < 4.78 is 10.7. The number of anilines is 2. The minimum absolute atomic E-state index is 0.163. The first-order valence-corrected chi connectivity index (χ1v) is 8.28. The number of nitrogens with zero attached hydrogens (tertiary/aromatic N) is 1. The van der Waals surface area contributed by atoms with Gasteiger partial charge in [0.05, 0.1) is 24.5 Å². The second-order valence-electron chi connectivity index (χ2n) is 6.02. The number of carbonyl (C=O) groups is 1. The molecule has 4 rings (SSSR count). The Balaban J connectivity index is 1.87. The van der Waals surface area contributed by atoms with E-state index in [-0.39, 0.29) is 11.4 Å². The Morgan fingerprint density at radius 2 is 1.93 bits per heavy atom. The van der Waals surface area contributed by atoms with Gasteiger partial charge in [0.2, 0.25) is 5.88 Å². The normalized spacial score (nSPS) is 15.8. The van der Waals surface area contributed by atoms with Gasteiger partial charge in [0.15, 0.2) is 0 Å². The molecule has 2 aromatic carbocycles. The molecule has 0 spiro atoms. The highest BCUT2D eigenvalue weighted by molar-refractivity contribution is 6.13.